The zero-order valence-corrected chi connectivity index (χ0v) is 13.1. The fourth-order valence-electron chi connectivity index (χ4n) is 2.26. The highest BCUT2D eigenvalue weighted by Gasteiger charge is 2.12. The lowest BCUT2D eigenvalue weighted by Gasteiger charge is -2.16. The first-order valence-electron chi connectivity index (χ1n) is 7.72. The van der Waals surface area contributed by atoms with Crippen molar-refractivity contribution in [3.63, 3.8) is 0 Å². The highest BCUT2D eigenvalue weighted by Crippen LogP contribution is 2.36. The standard InChI is InChI=1S/C20H19NO3/c21-18(14-22)15-11-12-19(23-16-7-3-1-4-8-16)20(13-15)24-17-9-5-2-6-10-17/h1-13,18,22H,14,21H2/t18-/m1/s1. The largest absolute Gasteiger partial charge is 0.453 e. The fourth-order valence-corrected chi connectivity index (χ4v) is 2.26. The van der Waals surface area contributed by atoms with Crippen molar-refractivity contribution in [3.05, 3.63) is 84.4 Å². The summed E-state index contributed by atoms with van der Waals surface area (Å²) in [6.45, 7) is -0.135. The fraction of sp³-hybridized carbons (Fsp3) is 0.100. The molecule has 0 amide bonds. The van der Waals surface area contributed by atoms with Crippen LogP contribution < -0.4 is 15.2 Å². The van der Waals surface area contributed by atoms with Gasteiger partial charge in [-0.15, -0.1) is 0 Å². The molecule has 3 rings (SSSR count). The summed E-state index contributed by atoms with van der Waals surface area (Å²) in [5, 5.41) is 9.28. The predicted molar refractivity (Wildman–Crippen MR) is 93.5 cm³/mol. The quantitative estimate of drug-likeness (QED) is 0.712. The van der Waals surface area contributed by atoms with Crippen LogP contribution in [-0.2, 0) is 0 Å². The lowest BCUT2D eigenvalue weighted by atomic mass is 10.1. The molecule has 4 nitrogen and oxygen atoms in total. The van der Waals surface area contributed by atoms with Crippen LogP contribution in [0.4, 0.5) is 0 Å². The van der Waals surface area contributed by atoms with Gasteiger partial charge in [-0.25, -0.2) is 0 Å². The normalized spacial score (nSPS) is 11.8. The van der Waals surface area contributed by atoms with E-state index in [1.165, 1.54) is 0 Å². The van der Waals surface area contributed by atoms with E-state index in [0.717, 1.165) is 11.3 Å². The molecule has 0 saturated carbocycles. The minimum Gasteiger partial charge on any atom is -0.453 e. The summed E-state index contributed by atoms with van der Waals surface area (Å²) in [4.78, 5) is 0. The smallest absolute Gasteiger partial charge is 0.170 e. The molecule has 0 spiro atoms. The predicted octanol–water partition coefficient (Wildman–Crippen LogP) is 4.26. The van der Waals surface area contributed by atoms with Gasteiger partial charge in [0.15, 0.2) is 11.5 Å². The first-order chi connectivity index (χ1) is 11.8. The Labute approximate surface area is 141 Å². The Morgan fingerprint density at radius 3 is 1.83 bits per heavy atom. The zero-order chi connectivity index (χ0) is 16.8. The summed E-state index contributed by atoms with van der Waals surface area (Å²) in [5.74, 6) is 2.55. The Kier molecular flexibility index (Phi) is 5.11. The van der Waals surface area contributed by atoms with Gasteiger partial charge < -0.3 is 20.3 Å². The van der Waals surface area contributed by atoms with E-state index >= 15 is 0 Å². The number of aliphatic hydroxyl groups excluding tert-OH is 1. The van der Waals surface area contributed by atoms with E-state index < -0.39 is 6.04 Å². The molecule has 0 aliphatic rings. The first-order valence-corrected chi connectivity index (χ1v) is 7.72. The van der Waals surface area contributed by atoms with Gasteiger partial charge in [0, 0.05) is 0 Å². The Morgan fingerprint density at radius 2 is 1.29 bits per heavy atom. The number of benzene rings is 3. The van der Waals surface area contributed by atoms with Crippen molar-refractivity contribution in [2.45, 2.75) is 6.04 Å². The maximum Gasteiger partial charge on any atom is 0.170 e. The number of hydrogen-bond acceptors (Lipinski definition) is 4. The van der Waals surface area contributed by atoms with Gasteiger partial charge in [0.2, 0.25) is 0 Å². The molecule has 0 bridgehead atoms. The van der Waals surface area contributed by atoms with Gasteiger partial charge >= 0.3 is 0 Å². The molecule has 4 heteroatoms. The van der Waals surface area contributed by atoms with Crippen LogP contribution in [0.25, 0.3) is 0 Å². The Hall–Kier alpha value is -2.82. The molecule has 1 atom stereocenters. The Morgan fingerprint density at radius 1 is 0.750 bits per heavy atom. The maximum atomic E-state index is 9.28. The number of rotatable bonds is 6. The van der Waals surface area contributed by atoms with Crippen molar-refractivity contribution >= 4 is 0 Å². The maximum absolute atomic E-state index is 9.28. The molecule has 0 radical (unpaired) electrons. The van der Waals surface area contributed by atoms with Crippen LogP contribution in [0.2, 0.25) is 0 Å². The van der Waals surface area contributed by atoms with E-state index in [-0.39, 0.29) is 6.61 Å². The van der Waals surface area contributed by atoms with E-state index in [1.807, 2.05) is 66.7 Å². The van der Waals surface area contributed by atoms with Crippen LogP contribution in [-0.4, -0.2) is 11.7 Å². The molecular formula is C20H19NO3. The Bertz CT molecular complexity index is 775. The van der Waals surface area contributed by atoms with Gasteiger partial charge in [-0.2, -0.15) is 0 Å². The second kappa shape index (κ2) is 7.64. The lowest BCUT2D eigenvalue weighted by molar-refractivity contribution is 0.267. The topological polar surface area (TPSA) is 64.7 Å². The van der Waals surface area contributed by atoms with E-state index in [4.69, 9.17) is 15.2 Å². The average molecular weight is 321 g/mol. The molecule has 122 valence electrons. The third-order valence-corrected chi connectivity index (χ3v) is 3.53. The van der Waals surface area contributed by atoms with E-state index in [1.54, 1.807) is 12.1 Å². The van der Waals surface area contributed by atoms with Gasteiger partial charge in [-0.1, -0.05) is 42.5 Å². The van der Waals surface area contributed by atoms with Crippen molar-refractivity contribution in [1.29, 1.82) is 0 Å². The van der Waals surface area contributed by atoms with E-state index in [9.17, 15) is 5.11 Å². The van der Waals surface area contributed by atoms with Gasteiger partial charge in [-0.3, -0.25) is 0 Å². The molecule has 0 fully saturated rings. The summed E-state index contributed by atoms with van der Waals surface area (Å²) in [5.41, 5.74) is 6.69. The van der Waals surface area contributed by atoms with Crippen LogP contribution >= 0.6 is 0 Å². The number of para-hydroxylation sites is 2. The zero-order valence-electron chi connectivity index (χ0n) is 13.1. The highest BCUT2D eigenvalue weighted by atomic mass is 16.5. The molecule has 3 N–H and O–H groups in total. The third kappa shape index (κ3) is 3.93. The van der Waals surface area contributed by atoms with Crippen molar-refractivity contribution in [2.75, 3.05) is 6.61 Å². The SMILES string of the molecule is N[C@H](CO)c1ccc(Oc2ccccc2)c(Oc2ccccc2)c1. The van der Waals surface area contributed by atoms with Crippen molar-refractivity contribution in [2.24, 2.45) is 5.73 Å². The van der Waals surface area contributed by atoms with Crippen LogP contribution in [0.1, 0.15) is 11.6 Å². The average Bonchev–Trinajstić information content (AvgIpc) is 2.64. The molecule has 0 saturated heterocycles. The summed E-state index contributed by atoms with van der Waals surface area (Å²) >= 11 is 0. The van der Waals surface area contributed by atoms with Crippen molar-refractivity contribution < 1.29 is 14.6 Å². The van der Waals surface area contributed by atoms with Gasteiger partial charge in [0.25, 0.3) is 0 Å². The molecule has 24 heavy (non-hydrogen) atoms. The van der Waals surface area contributed by atoms with Crippen LogP contribution in [0.15, 0.2) is 78.9 Å². The number of nitrogens with two attached hydrogens (primary N) is 1. The van der Waals surface area contributed by atoms with Crippen LogP contribution in [0, 0.1) is 0 Å². The number of aliphatic hydroxyl groups is 1. The molecular weight excluding hydrogens is 302 g/mol. The molecule has 0 aliphatic heterocycles. The summed E-state index contributed by atoms with van der Waals surface area (Å²) in [6, 6.07) is 23.9. The first kappa shape index (κ1) is 16.1. The number of hydrogen-bond donors (Lipinski definition) is 2. The van der Waals surface area contributed by atoms with Crippen molar-refractivity contribution in [1.82, 2.24) is 0 Å². The molecule has 0 aliphatic carbocycles. The highest BCUT2D eigenvalue weighted by molar-refractivity contribution is 5.48. The molecule has 3 aromatic rings. The van der Waals surface area contributed by atoms with E-state index in [0.29, 0.717) is 17.2 Å². The van der Waals surface area contributed by atoms with Gasteiger partial charge in [-0.05, 0) is 42.0 Å². The van der Waals surface area contributed by atoms with Crippen LogP contribution in [0.5, 0.6) is 23.0 Å². The van der Waals surface area contributed by atoms with Gasteiger partial charge in [0.05, 0.1) is 12.6 Å². The molecule has 0 heterocycles. The molecule has 3 aromatic carbocycles. The van der Waals surface area contributed by atoms with Gasteiger partial charge in [0.1, 0.15) is 11.5 Å². The van der Waals surface area contributed by atoms with E-state index in [2.05, 4.69) is 0 Å². The molecule has 0 aromatic heterocycles. The monoisotopic (exact) mass is 321 g/mol. The van der Waals surface area contributed by atoms with Crippen molar-refractivity contribution in [3.8, 4) is 23.0 Å². The molecule has 0 unspecified atom stereocenters. The third-order valence-electron chi connectivity index (χ3n) is 3.53. The minimum atomic E-state index is -0.464. The number of ether oxygens (including phenoxy) is 2. The van der Waals surface area contributed by atoms with Crippen LogP contribution in [0.3, 0.4) is 0 Å². The minimum absolute atomic E-state index is 0.135. The summed E-state index contributed by atoms with van der Waals surface area (Å²) in [7, 11) is 0. The Balaban J connectivity index is 1.94. The summed E-state index contributed by atoms with van der Waals surface area (Å²) < 4.78 is 11.9. The second-order valence-electron chi connectivity index (χ2n) is 5.33. The lowest BCUT2D eigenvalue weighted by Crippen LogP contribution is -2.14. The summed E-state index contributed by atoms with van der Waals surface area (Å²) in [6.07, 6.45) is 0. The second-order valence-corrected chi connectivity index (χ2v) is 5.33.